The van der Waals surface area contributed by atoms with Gasteiger partial charge in [0.2, 0.25) is 11.8 Å². The maximum atomic E-state index is 13.1. The van der Waals surface area contributed by atoms with E-state index in [-0.39, 0.29) is 6.42 Å². The zero-order valence-corrected chi connectivity index (χ0v) is 22.4. The second kappa shape index (κ2) is 12.0. The maximum Gasteiger partial charge on any atom is 0.423 e. The van der Waals surface area contributed by atoms with Crippen molar-refractivity contribution in [1.29, 1.82) is 0 Å². The van der Waals surface area contributed by atoms with E-state index in [9.17, 15) is 29.7 Å². The average molecular weight is 514 g/mol. The van der Waals surface area contributed by atoms with E-state index in [1.807, 2.05) is 32.9 Å². The second-order valence-electron chi connectivity index (χ2n) is 10.1. The molecule has 1 saturated heterocycles. The standard InChI is InChI=1S/C29H39NO7/c1-6-8-18(13-19-11-16(3)26(33)17(4)12-19)9-10-23(32)24-20(7-2)14-21-25(22(24)15-31)28(35)30(27(21)34)29(36)37-5/h11-13,21-23,25,31-33H,6-10,14-15H2,1-5H3/b18-13+/t21-,22+,23-,25-/m1/s1. The molecular formula is C29H39NO7. The fourth-order valence-corrected chi connectivity index (χ4v) is 5.95. The molecule has 1 aliphatic heterocycles. The zero-order valence-electron chi connectivity index (χ0n) is 22.4. The molecule has 1 aromatic carbocycles. The monoisotopic (exact) mass is 513 g/mol. The number of aromatic hydroxyl groups is 1. The van der Waals surface area contributed by atoms with E-state index in [1.165, 1.54) is 0 Å². The Hall–Kier alpha value is -2.97. The molecule has 1 fully saturated rings. The summed E-state index contributed by atoms with van der Waals surface area (Å²) in [5.74, 6) is -3.37. The Morgan fingerprint density at radius 3 is 2.35 bits per heavy atom. The van der Waals surface area contributed by atoms with E-state index >= 15 is 0 Å². The largest absolute Gasteiger partial charge is 0.507 e. The van der Waals surface area contributed by atoms with Gasteiger partial charge in [0, 0.05) is 5.92 Å². The van der Waals surface area contributed by atoms with Crippen LogP contribution in [-0.2, 0) is 14.3 Å². The molecule has 1 aromatic rings. The lowest BCUT2D eigenvalue weighted by Gasteiger charge is -2.36. The summed E-state index contributed by atoms with van der Waals surface area (Å²) in [5.41, 5.74) is 5.23. The zero-order chi connectivity index (χ0) is 27.4. The third kappa shape index (κ3) is 5.65. The highest BCUT2D eigenvalue weighted by molar-refractivity contribution is 6.15. The number of ether oxygens (including phenoxy) is 1. The molecule has 3 N–H and O–H groups in total. The summed E-state index contributed by atoms with van der Waals surface area (Å²) in [6.07, 6.45) is 3.81. The Morgan fingerprint density at radius 1 is 1.16 bits per heavy atom. The Morgan fingerprint density at radius 2 is 1.81 bits per heavy atom. The van der Waals surface area contributed by atoms with Crippen molar-refractivity contribution in [2.45, 2.75) is 72.3 Å². The van der Waals surface area contributed by atoms with Crippen LogP contribution < -0.4 is 0 Å². The highest BCUT2D eigenvalue weighted by Crippen LogP contribution is 2.47. The third-order valence-electron chi connectivity index (χ3n) is 7.72. The van der Waals surface area contributed by atoms with Crippen LogP contribution in [-0.4, -0.2) is 57.9 Å². The van der Waals surface area contributed by atoms with Crippen LogP contribution in [0.25, 0.3) is 6.08 Å². The van der Waals surface area contributed by atoms with Crippen molar-refractivity contribution in [2.75, 3.05) is 13.7 Å². The van der Waals surface area contributed by atoms with Gasteiger partial charge in [-0.3, -0.25) is 9.59 Å². The van der Waals surface area contributed by atoms with E-state index in [2.05, 4.69) is 17.7 Å². The molecule has 4 atom stereocenters. The minimum atomic E-state index is -1.02. The molecule has 0 bridgehead atoms. The lowest BCUT2D eigenvalue weighted by Crippen LogP contribution is -2.40. The van der Waals surface area contributed by atoms with Crippen LogP contribution >= 0.6 is 0 Å². The molecule has 0 spiro atoms. The van der Waals surface area contributed by atoms with Gasteiger partial charge in [-0.1, -0.05) is 37.5 Å². The summed E-state index contributed by atoms with van der Waals surface area (Å²) in [6, 6.07) is 3.87. The van der Waals surface area contributed by atoms with Gasteiger partial charge in [-0.05, 0) is 80.3 Å². The molecule has 202 valence electrons. The second-order valence-corrected chi connectivity index (χ2v) is 10.1. The minimum Gasteiger partial charge on any atom is -0.507 e. The Labute approximate surface area is 218 Å². The van der Waals surface area contributed by atoms with E-state index in [4.69, 9.17) is 0 Å². The van der Waals surface area contributed by atoms with E-state index < -0.39 is 48.4 Å². The molecule has 1 heterocycles. The number of fused-ring (bicyclic) bond motifs is 1. The van der Waals surface area contributed by atoms with Gasteiger partial charge in [0.1, 0.15) is 5.75 Å². The summed E-state index contributed by atoms with van der Waals surface area (Å²) in [5, 5.41) is 31.8. The molecule has 37 heavy (non-hydrogen) atoms. The molecule has 8 heteroatoms. The van der Waals surface area contributed by atoms with Crippen molar-refractivity contribution in [2.24, 2.45) is 17.8 Å². The number of benzene rings is 1. The normalized spacial score (nSPS) is 22.9. The quantitative estimate of drug-likeness (QED) is 0.330. The number of aryl methyl sites for hydroxylation is 2. The first-order valence-corrected chi connectivity index (χ1v) is 13.1. The number of amides is 3. The number of phenolic OH excluding ortho intramolecular Hbond substituents is 1. The summed E-state index contributed by atoms with van der Waals surface area (Å²) < 4.78 is 4.64. The number of nitrogens with zero attached hydrogens (tertiary/aromatic N) is 1. The molecule has 0 aromatic heterocycles. The van der Waals surface area contributed by atoms with Gasteiger partial charge in [-0.2, -0.15) is 4.90 Å². The van der Waals surface area contributed by atoms with Gasteiger partial charge in [-0.25, -0.2) is 4.79 Å². The molecule has 1 aliphatic carbocycles. The summed E-state index contributed by atoms with van der Waals surface area (Å²) in [4.78, 5) is 38.6. The number of likely N-dealkylation sites (tertiary alicyclic amines) is 1. The molecule has 2 aliphatic rings. The summed E-state index contributed by atoms with van der Waals surface area (Å²) in [7, 11) is 1.11. The SMILES string of the molecule is CCC/C(=C\c1cc(C)c(O)c(C)c1)CC[C@@H](O)C1=C(CC)C[C@H]2C(=O)N(C(=O)OC)C(=O)[C@H]2[C@H]1CO. The van der Waals surface area contributed by atoms with Gasteiger partial charge >= 0.3 is 6.09 Å². The number of methoxy groups -OCH3 is 1. The number of allylic oxidation sites excluding steroid dienone is 2. The van der Waals surface area contributed by atoms with Crippen molar-refractivity contribution >= 4 is 24.0 Å². The van der Waals surface area contributed by atoms with Gasteiger partial charge in [0.15, 0.2) is 0 Å². The van der Waals surface area contributed by atoms with Gasteiger partial charge < -0.3 is 20.1 Å². The van der Waals surface area contributed by atoms with Crippen molar-refractivity contribution < 1.29 is 34.4 Å². The van der Waals surface area contributed by atoms with Crippen LogP contribution in [0.3, 0.4) is 0 Å². The number of carbonyl (C=O) groups is 3. The van der Waals surface area contributed by atoms with Gasteiger partial charge in [0.05, 0.1) is 31.7 Å². The van der Waals surface area contributed by atoms with E-state index in [0.717, 1.165) is 47.8 Å². The average Bonchev–Trinajstić information content (AvgIpc) is 3.13. The molecule has 3 amide bonds. The van der Waals surface area contributed by atoms with Crippen LogP contribution in [0.4, 0.5) is 4.79 Å². The van der Waals surface area contributed by atoms with E-state index in [1.54, 1.807) is 0 Å². The lowest BCUT2D eigenvalue weighted by molar-refractivity contribution is -0.137. The molecule has 8 nitrogen and oxygen atoms in total. The molecular weight excluding hydrogens is 474 g/mol. The van der Waals surface area contributed by atoms with Crippen LogP contribution in [0, 0.1) is 31.6 Å². The van der Waals surface area contributed by atoms with Gasteiger partial charge in [-0.15, -0.1) is 0 Å². The molecule has 0 unspecified atom stereocenters. The smallest absolute Gasteiger partial charge is 0.423 e. The third-order valence-corrected chi connectivity index (χ3v) is 7.72. The predicted molar refractivity (Wildman–Crippen MR) is 139 cm³/mol. The highest BCUT2D eigenvalue weighted by Gasteiger charge is 2.56. The van der Waals surface area contributed by atoms with Crippen LogP contribution in [0.1, 0.15) is 69.1 Å². The number of imide groups is 3. The maximum absolute atomic E-state index is 13.1. The number of aliphatic hydroxyl groups excluding tert-OH is 2. The van der Waals surface area contributed by atoms with Crippen LogP contribution in [0.15, 0.2) is 28.9 Å². The number of hydrogen-bond donors (Lipinski definition) is 3. The summed E-state index contributed by atoms with van der Waals surface area (Å²) >= 11 is 0. The number of aliphatic hydroxyl groups is 2. The first-order valence-electron chi connectivity index (χ1n) is 13.1. The Bertz CT molecular complexity index is 1100. The molecule has 0 radical (unpaired) electrons. The number of carbonyl (C=O) groups excluding carboxylic acids is 3. The van der Waals surface area contributed by atoms with Crippen molar-refractivity contribution in [1.82, 2.24) is 4.90 Å². The Kier molecular flexibility index (Phi) is 9.31. The van der Waals surface area contributed by atoms with Gasteiger partial charge in [0.25, 0.3) is 0 Å². The van der Waals surface area contributed by atoms with E-state index in [0.29, 0.717) is 35.5 Å². The van der Waals surface area contributed by atoms with Crippen LogP contribution in [0.2, 0.25) is 0 Å². The predicted octanol–water partition coefficient (Wildman–Crippen LogP) is 4.42. The van der Waals surface area contributed by atoms with Crippen molar-refractivity contribution in [3.63, 3.8) is 0 Å². The summed E-state index contributed by atoms with van der Waals surface area (Å²) in [6.45, 7) is 7.34. The number of hydrogen-bond acceptors (Lipinski definition) is 7. The minimum absolute atomic E-state index is 0.270. The number of phenols is 1. The highest BCUT2D eigenvalue weighted by atomic mass is 16.5. The first-order chi connectivity index (χ1) is 17.6. The molecule has 0 saturated carbocycles. The van der Waals surface area contributed by atoms with Crippen molar-refractivity contribution in [3.8, 4) is 5.75 Å². The Balaban J connectivity index is 1.87. The van der Waals surface area contributed by atoms with Crippen molar-refractivity contribution in [3.05, 3.63) is 45.5 Å². The first kappa shape index (κ1) is 28.6. The molecule has 3 rings (SSSR count). The van der Waals surface area contributed by atoms with Crippen LogP contribution in [0.5, 0.6) is 5.75 Å². The number of rotatable bonds is 9. The topological polar surface area (TPSA) is 124 Å². The lowest BCUT2D eigenvalue weighted by atomic mass is 9.67. The fourth-order valence-electron chi connectivity index (χ4n) is 5.95. The fraction of sp³-hybridized carbons (Fsp3) is 0.552.